The number of carbonyl (C=O) groups excluding carboxylic acids is 1. The molecule has 11 nitrogen and oxygen atoms in total. The molecule has 1 aliphatic carbocycles. The van der Waals surface area contributed by atoms with Gasteiger partial charge in [0, 0.05) is 18.3 Å². The molecule has 2 aromatic heterocycles. The molecule has 38 heavy (non-hydrogen) atoms. The van der Waals surface area contributed by atoms with E-state index in [0.717, 1.165) is 12.1 Å². The predicted octanol–water partition coefficient (Wildman–Crippen LogP) is 1.09. The van der Waals surface area contributed by atoms with Gasteiger partial charge in [0.1, 0.15) is 12.0 Å². The number of aliphatic hydroxyl groups is 2. The number of halogens is 3. The summed E-state index contributed by atoms with van der Waals surface area (Å²) in [5.74, 6) is -1.81. The van der Waals surface area contributed by atoms with E-state index >= 15 is 0 Å². The normalized spacial score (nSPS) is 22.1. The van der Waals surface area contributed by atoms with Crippen LogP contribution in [0.4, 0.5) is 13.2 Å². The minimum atomic E-state index is -4.48. The smallest absolute Gasteiger partial charge is 0.390 e. The molecule has 0 unspecified atom stereocenters. The fourth-order valence-electron chi connectivity index (χ4n) is 4.48. The Bertz CT molecular complexity index is 1410. The molecular formula is C23H24F3N5O6S. The second-order valence-electron chi connectivity index (χ2n) is 9.03. The average Bonchev–Trinajstić information content (AvgIpc) is 3.42. The predicted molar refractivity (Wildman–Crippen MR) is 125 cm³/mol. The molecule has 0 radical (unpaired) electrons. The second kappa shape index (κ2) is 10.9. The molecule has 1 saturated carbocycles. The standard InChI is InChI=1S/C23H24F3N5O6S/c24-23(25,26)16-3-1-2-13(6-16)10-31-5-4-18(30-31)22(34)17-9-28-12-29-19(17)8-14-7-15(21(33)20(14)32)11-37-38(27,35)36/h1-6,9,12,14-15,20-21,32-33H,7-8,10-11H2,(H2,27,35,36)/t14-,15+,20-,21+/m0/s1. The van der Waals surface area contributed by atoms with Gasteiger partial charge < -0.3 is 10.2 Å². The Morgan fingerprint density at radius 3 is 2.63 bits per heavy atom. The van der Waals surface area contributed by atoms with E-state index in [1.165, 1.54) is 41.6 Å². The van der Waals surface area contributed by atoms with Crippen LogP contribution in [0, 0.1) is 11.8 Å². The maximum absolute atomic E-state index is 13.2. The Labute approximate surface area is 215 Å². The number of aliphatic hydroxyl groups excluding tert-OH is 2. The third kappa shape index (κ3) is 6.60. The molecule has 0 bridgehead atoms. The molecule has 4 atom stereocenters. The van der Waals surface area contributed by atoms with Crippen molar-refractivity contribution in [3.8, 4) is 0 Å². The van der Waals surface area contributed by atoms with E-state index in [1.54, 1.807) is 0 Å². The summed E-state index contributed by atoms with van der Waals surface area (Å²) in [4.78, 5) is 21.2. The maximum Gasteiger partial charge on any atom is 0.416 e. The number of hydrogen-bond acceptors (Lipinski definition) is 9. The Morgan fingerprint density at radius 2 is 1.92 bits per heavy atom. The van der Waals surface area contributed by atoms with E-state index in [0.29, 0.717) is 5.56 Å². The number of benzene rings is 1. The molecular weight excluding hydrogens is 531 g/mol. The summed E-state index contributed by atoms with van der Waals surface area (Å²) in [6, 6.07) is 6.20. The van der Waals surface area contributed by atoms with Crippen LogP contribution in [0.25, 0.3) is 0 Å². The molecule has 2 heterocycles. The van der Waals surface area contributed by atoms with Crippen molar-refractivity contribution in [3.05, 3.63) is 77.1 Å². The molecule has 0 saturated heterocycles. The number of carbonyl (C=O) groups is 1. The van der Waals surface area contributed by atoms with Crippen LogP contribution in [0.2, 0.25) is 0 Å². The first-order chi connectivity index (χ1) is 17.8. The van der Waals surface area contributed by atoms with Gasteiger partial charge in [-0.3, -0.25) is 13.7 Å². The Morgan fingerprint density at radius 1 is 1.18 bits per heavy atom. The van der Waals surface area contributed by atoms with E-state index in [4.69, 9.17) is 5.14 Å². The molecule has 1 aliphatic rings. The van der Waals surface area contributed by atoms with Crippen molar-refractivity contribution in [2.24, 2.45) is 17.0 Å². The first kappa shape index (κ1) is 27.8. The number of nitrogens with zero attached hydrogens (tertiary/aromatic N) is 4. The lowest BCUT2D eigenvalue weighted by atomic mass is 9.95. The van der Waals surface area contributed by atoms with Crippen molar-refractivity contribution in [1.82, 2.24) is 19.7 Å². The lowest BCUT2D eigenvalue weighted by Gasteiger charge is -2.17. The number of nitrogens with two attached hydrogens (primary N) is 1. The van der Waals surface area contributed by atoms with Gasteiger partial charge in [-0.05, 0) is 42.5 Å². The van der Waals surface area contributed by atoms with E-state index in [-0.39, 0.29) is 36.3 Å². The lowest BCUT2D eigenvalue weighted by Crippen LogP contribution is -2.31. The van der Waals surface area contributed by atoms with Crippen LogP contribution < -0.4 is 5.14 Å². The van der Waals surface area contributed by atoms with Gasteiger partial charge in [-0.25, -0.2) is 15.1 Å². The Kier molecular flexibility index (Phi) is 7.94. The van der Waals surface area contributed by atoms with Crippen LogP contribution in [0.5, 0.6) is 0 Å². The first-order valence-electron chi connectivity index (χ1n) is 11.4. The zero-order chi connectivity index (χ0) is 27.7. The summed E-state index contributed by atoms with van der Waals surface area (Å²) in [5, 5.41) is 29.8. The van der Waals surface area contributed by atoms with Crippen LogP contribution >= 0.6 is 0 Å². The summed E-state index contributed by atoms with van der Waals surface area (Å²) >= 11 is 0. The van der Waals surface area contributed by atoms with E-state index in [1.807, 2.05) is 0 Å². The highest BCUT2D eigenvalue weighted by Gasteiger charge is 2.42. The highest BCUT2D eigenvalue weighted by Crippen LogP contribution is 2.35. The topological polar surface area (TPSA) is 171 Å². The summed E-state index contributed by atoms with van der Waals surface area (Å²) in [7, 11) is -4.22. The van der Waals surface area contributed by atoms with Crippen LogP contribution in [0.1, 0.15) is 39.3 Å². The van der Waals surface area contributed by atoms with Gasteiger partial charge in [0.25, 0.3) is 0 Å². The van der Waals surface area contributed by atoms with E-state index in [9.17, 15) is 36.6 Å². The lowest BCUT2D eigenvalue weighted by molar-refractivity contribution is -0.137. The van der Waals surface area contributed by atoms with Crippen molar-refractivity contribution in [2.45, 2.75) is 37.8 Å². The van der Waals surface area contributed by atoms with Crippen LogP contribution in [0.15, 0.2) is 49.1 Å². The molecule has 1 aromatic carbocycles. The summed E-state index contributed by atoms with van der Waals surface area (Å²) in [6.07, 6.45) is -2.76. The van der Waals surface area contributed by atoms with Gasteiger partial charge in [-0.1, -0.05) is 12.1 Å². The van der Waals surface area contributed by atoms with Crippen molar-refractivity contribution >= 4 is 16.1 Å². The highest BCUT2D eigenvalue weighted by molar-refractivity contribution is 7.84. The molecule has 4 N–H and O–H groups in total. The summed E-state index contributed by atoms with van der Waals surface area (Å²) < 4.78 is 67.0. The van der Waals surface area contributed by atoms with Crippen molar-refractivity contribution in [2.75, 3.05) is 6.61 Å². The molecule has 1 fully saturated rings. The average molecular weight is 556 g/mol. The highest BCUT2D eigenvalue weighted by atomic mass is 32.2. The molecule has 0 aliphatic heterocycles. The molecule has 15 heteroatoms. The second-order valence-corrected chi connectivity index (χ2v) is 10.2. The third-order valence-electron chi connectivity index (χ3n) is 6.33. The molecule has 0 spiro atoms. The number of rotatable bonds is 9. The van der Waals surface area contributed by atoms with E-state index in [2.05, 4.69) is 19.2 Å². The molecule has 0 amide bonds. The van der Waals surface area contributed by atoms with Crippen LogP contribution in [0.3, 0.4) is 0 Å². The van der Waals surface area contributed by atoms with Gasteiger partial charge in [0.15, 0.2) is 0 Å². The fourth-order valence-corrected chi connectivity index (χ4v) is 4.84. The number of hydrogen-bond donors (Lipinski definition) is 3. The van der Waals surface area contributed by atoms with Gasteiger partial charge >= 0.3 is 16.5 Å². The van der Waals surface area contributed by atoms with Crippen molar-refractivity contribution in [1.29, 1.82) is 0 Å². The van der Waals surface area contributed by atoms with Gasteiger partial charge in [0.2, 0.25) is 5.78 Å². The summed E-state index contributed by atoms with van der Waals surface area (Å²) in [5.41, 5.74) is -0.0495. The number of alkyl halides is 3. The molecule has 3 aromatic rings. The largest absolute Gasteiger partial charge is 0.416 e. The maximum atomic E-state index is 13.2. The van der Waals surface area contributed by atoms with Gasteiger partial charge in [-0.2, -0.15) is 26.7 Å². The molecule has 204 valence electrons. The minimum absolute atomic E-state index is 0.00345. The third-order valence-corrected chi connectivity index (χ3v) is 6.80. The van der Waals surface area contributed by atoms with Gasteiger partial charge in [-0.15, -0.1) is 0 Å². The minimum Gasteiger partial charge on any atom is -0.390 e. The monoisotopic (exact) mass is 555 g/mol. The first-order valence-corrected chi connectivity index (χ1v) is 12.9. The fraction of sp³-hybridized carbons (Fsp3) is 0.391. The zero-order valence-electron chi connectivity index (χ0n) is 19.7. The van der Waals surface area contributed by atoms with Crippen molar-refractivity contribution in [3.63, 3.8) is 0 Å². The van der Waals surface area contributed by atoms with Crippen molar-refractivity contribution < 1.29 is 40.8 Å². The molecule has 4 rings (SSSR count). The number of ketones is 1. The SMILES string of the molecule is NS(=O)(=O)OC[C@H]1C[C@@H](Cc2ncncc2C(=O)c2ccn(Cc3cccc(C(F)(F)F)c3)n2)[C@H](O)[C@@H]1O. The van der Waals surface area contributed by atoms with Crippen LogP contribution in [-0.2, 0) is 33.6 Å². The Hall–Kier alpha value is -3.24. The summed E-state index contributed by atoms with van der Waals surface area (Å²) in [6.45, 7) is -0.407. The van der Waals surface area contributed by atoms with Gasteiger partial charge in [0.05, 0.1) is 42.2 Å². The quantitative estimate of drug-likeness (QED) is 0.327. The number of aromatic nitrogens is 4. The van der Waals surface area contributed by atoms with Crippen LogP contribution in [-0.4, -0.2) is 63.0 Å². The Balaban J connectivity index is 1.47. The van der Waals surface area contributed by atoms with E-state index < -0.39 is 58.5 Å². The zero-order valence-corrected chi connectivity index (χ0v) is 20.5.